The number of benzene rings is 1. The Labute approximate surface area is 118 Å². The van der Waals surface area contributed by atoms with Crippen LogP contribution in [0.1, 0.15) is 22.6 Å². The van der Waals surface area contributed by atoms with Crippen LogP contribution in [0.15, 0.2) is 35.8 Å². The largest absolute Gasteiger partial charge is 0.316 e. The Morgan fingerprint density at radius 1 is 1.26 bits per heavy atom. The minimum Gasteiger partial charge on any atom is -0.316 e. The molecule has 3 rings (SSSR count). The lowest BCUT2D eigenvalue weighted by molar-refractivity contribution is 0.153. The molecule has 0 amide bonds. The molecule has 19 heavy (non-hydrogen) atoms. The monoisotopic (exact) mass is 272 g/mol. The van der Waals surface area contributed by atoms with E-state index in [0.717, 1.165) is 13.1 Å². The van der Waals surface area contributed by atoms with Gasteiger partial charge in [-0.3, -0.25) is 0 Å². The molecule has 1 fully saturated rings. The molecule has 2 aromatic rings. The van der Waals surface area contributed by atoms with Crippen LogP contribution in [0.5, 0.6) is 0 Å². The number of nitrogens with zero attached hydrogens (tertiary/aromatic N) is 1. The van der Waals surface area contributed by atoms with Crippen molar-refractivity contribution in [2.24, 2.45) is 5.41 Å². The fourth-order valence-electron chi connectivity index (χ4n) is 2.84. The fourth-order valence-corrected chi connectivity index (χ4v) is 3.62. The van der Waals surface area contributed by atoms with Gasteiger partial charge in [-0.1, -0.05) is 30.3 Å². The van der Waals surface area contributed by atoms with Crippen LogP contribution in [0.4, 0.5) is 0 Å². The van der Waals surface area contributed by atoms with E-state index in [-0.39, 0.29) is 0 Å². The highest BCUT2D eigenvalue weighted by Gasteiger charge is 2.36. The molecule has 0 bridgehead atoms. The molecule has 0 spiro atoms. The maximum absolute atomic E-state index is 4.35. The Bertz CT molecular complexity index is 529. The van der Waals surface area contributed by atoms with Crippen molar-refractivity contribution in [2.45, 2.75) is 26.2 Å². The van der Waals surface area contributed by atoms with Crippen LogP contribution in [0.3, 0.4) is 0 Å². The van der Waals surface area contributed by atoms with E-state index in [2.05, 4.69) is 47.6 Å². The summed E-state index contributed by atoms with van der Waals surface area (Å²) in [5.41, 5.74) is 5.10. The number of aryl methyl sites for hydroxylation is 2. The van der Waals surface area contributed by atoms with E-state index < -0.39 is 0 Å². The van der Waals surface area contributed by atoms with Crippen LogP contribution in [-0.2, 0) is 12.8 Å². The average Bonchev–Trinajstić information content (AvgIpc) is 2.79. The summed E-state index contributed by atoms with van der Waals surface area (Å²) in [7, 11) is 0. The van der Waals surface area contributed by atoms with Crippen molar-refractivity contribution in [3.8, 4) is 0 Å². The highest BCUT2D eigenvalue weighted by molar-refractivity contribution is 7.09. The zero-order chi connectivity index (χ0) is 13.1. The minimum absolute atomic E-state index is 0.456. The molecule has 2 heterocycles. The number of rotatable bonds is 5. The van der Waals surface area contributed by atoms with Gasteiger partial charge in [0.15, 0.2) is 0 Å². The van der Waals surface area contributed by atoms with Gasteiger partial charge in [0, 0.05) is 18.0 Å². The van der Waals surface area contributed by atoms with Gasteiger partial charge >= 0.3 is 0 Å². The van der Waals surface area contributed by atoms with E-state index in [0.29, 0.717) is 5.41 Å². The van der Waals surface area contributed by atoms with Crippen LogP contribution in [0, 0.1) is 12.3 Å². The Morgan fingerprint density at radius 2 is 2.05 bits per heavy atom. The topological polar surface area (TPSA) is 24.9 Å². The summed E-state index contributed by atoms with van der Waals surface area (Å²) in [6.45, 7) is 4.42. The van der Waals surface area contributed by atoms with Crippen LogP contribution in [0.25, 0.3) is 0 Å². The third-order valence-electron chi connectivity index (χ3n) is 4.15. The quantitative estimate of drug-likeness (QED) is 0.904. The molecule has 2 nitrogen and oxygen atoms in total. The lowest BCUT2D eigenvalue weighted by Gasteiger charge is -2.43. The first kappa shape index (κ1) is 12.8. The van der Waals surface area contributed by atoms with E-state index in [1.165, 1.54) is 35.4 Å². The normalized spacial score (nSPS) is 17.1. The second-order valence-corrected chi connectivity index (χ2v) is 6.57. The number of nitrogens with one attached hydrogen (secondary N) is 1. The van der Waals surface area contributed by atoms with Crippen molar-refractivity contribution in [3.05, 3.63) is 52.0 Å². The first-order valence-electron chi connectivity index (χ1n) is 6.91. The summed E-state index contributed by atoms with van der Waals surface area (Å²) < 4.78 is 0. The summed E-state index contributed by atoms with van der Waals surface area (Å²) >= 11 is 1.80. The van der Waals surface area contributed by atoms with Gasteiger partial charge in [-0.05, 0) is 37.2 Å². The molecule has 1 aliphatic heterocycles. The molecule has 3 heteroatoms. The number of aromatic nitrogens is 1. The first-order valence-corrected chi connectivity index (χ1v) is 7.79. The highest BCUT2D eigenvalue weighted by Crippen LogP contribution is 2.33. The summed E-state index contributed by atoms with van der Waals surface area (Å²) in [4.78, 5) is 5.81. The number of hydrogen-bond acceptors (Lipinski definition) is 3. The molecular weight excluding hydrogens is 252 g/mol. The van der Waals surface area contributed by atoms with Crippen molar-refractivity contribution in [3.63, 3.8) is 0 Å². The predicted molar refractivity (Wildman–Crippen MR) is 80.6 cm³/mol. The summed E-state index contributed by atoms with van der Waals surface area (Å²) in [6, 6.07) is 10.9. The molecule has 1 N–H and O–H groups in total. The Morgan fingerprint density at radius 3 is 2.63 bits per heavy atom. The van der Waals surface area contributed by atoms with E-state index >= 15 is 0 Å². The van der Waals surface area contributed by atoms with Gasteiger partial charge in [-0.2, -0.15) is 0 Å². The van der Waals surface area contributed by atoms with Crippen LogP contribution in [0.2, 0.25) is 0 Å². The van der Waals surface area contributed by atoms with Crippen molar-refractivity contribution in [1.82, 2.24) is 10.3 Å². The fraction of sp³-hybridized carbons (Fsp3) is 0.438. The van der Waals surface area contributed by atoms with Gasteiger partial charge in [0.2, 0.25) is 0 Å². The zero-order valence-electron chi connectivity index (χ0n) is 11.4. The second-order valence-electron chi connectivity index (χ2n) is 5.63. The first-order chi connectivity index (χ1) is 9.27. The van der Waals surface area contributed by atoms with Crippen LogP contribution >= 0.6 is 11.3 Å². The van der Waals surface area contributed by atoms with Crippen LogP contribution < -0.4 is 5.32 Å². The summed E-state index contributed by atoms with van der Waals surface area (Å²) in [5, 5.41) is 3.45. The van der Waals surface area contributed by atoms with Gasteiger partial charge in [0.25, 0.3) is 0 Å². The standard InChI is InChI=1S/C16H20N2S/c1-13-15(19-12-18-13)7-8-16(10-17-11-16)9-14-5-3-2-4-6-14/h2-6,12,17H,7-11H2,1H3. The van der Waals surface area contributed by atoms with Gasteiger partial charge in [0.1, 0.15) is 0 Å². The van der Waals surface area contributed by atoms with Crippen molar-refractivity contribution in [1.29, 1.82) is 0 Å². The second kappa shape index (κ2) is 5.43. The maximum atomic E-state index is 4.35. The SMILES string of the molecule is Cc1ncsc1CCC1(Cc2ccccc2)CNC1. The molecule has 1 saturated heterocycles. The van der Waals surface area contributed by atoms with E-state index in [9.17, 15) is 0 Å². The highest BCUT2D eigenvalue weighted by atomic mass is 32.1. The van der Waals surface area contributed by atoms with Crippen molar-refractivity contribution in [2.75, 3.05) is 13.1 Å². The molecule has 0 atom stereocenters. The van der Waals surface area contributed by atoms with Gasteiger partial charge in [0.05, 0.1) is 11.2 Å². The van der Waals surface area contributed by atoms with Crippen molar-refractivity contribution >= 4 is 11.3 Å². The van der Waals surface area contributed by atoms with E-state index in [4.69, 9.17) is 0 Å². The summed E-state index contributed by atoms with van der Waals surface area (Å²) in [6.07, 6.45) is 3.63. The number of hydrogen-bond donors (Lipinski definition) is 1. The van der Waals surface area contributed by atoms with Gasteiger partial charge in [-0.15, -0.1) is 11.3 Å². The lowest BCUT2D eigenvalue weighted by Crippen LogP contribution is -2.54. The lowest BCUT2D eigenvalue weighted by atomic mass is 9.73. The smallest absolute Gasteiger partial charge is 0.0797 e. The maximum Gasteiger partial charge on any atom is 0.0797 e. The van der Waals surface area contributed by atoms with Crippen molar-refractivity contribution < 1.29 is 0 Å². The molecule has 1 aromatic carbocycles. The average molecular weight is 272 g/mol. The molecule has 100 valence electrons. The molecular formula is C16H20N2S. The van der Waals surface area contributed by atoms with E-state index in [1.54, 1.807) is 11.3 Å². The van der Waals surface area contributed by atoms with Gasteiger partial charge < -0.3 is 5.32 Å². The molecule has 0 unspecified atom stereocenters. The van der Waals surface area contributed by atoms with Crippen LogP contribution in [-0.4, -0.2) is 18.1 Å². The third kappa shape index (κ3) is 2.88. The predicted octanol–water partition coefficient (Wildman–Crippen LogP) is 3.22. The zero-order valence-corrected chi connectivity index (χ0v) is 12.2. The molecule has 0 aliphatic carbocycles. The third-order valence-corrected chi connectivity index (χ3v) is 5.14. The molecule has 1 aromatic heterocycles. The Kier molecular flexibility index (Phi) is 3.67. The molecule has 0 radical (unpaired) electrons. The number of thiazole rings is 1. The summed E-state index contributed by atoms with van der Waals surface area (Å²) in [5.74, 6) is 0. The molecule has 1 aliphatic rings. The minimum atomic E-state index is 0.456. The molecule has 0 saturated carbocycles. The Hall–Kier alpha value is -1.19. The Balaban J connectivity index is 1.65. The van der Waals surface area contributed by atoms with Gasteiger partial charge in [-0.25, -0.2) is 4.98 Å². The van der Waals surface area contributed by atoms with E-state index in [1.807, 2.05) is 5.51 Å².